The quantitative estimate of drug-likeness (QED) is 0.396. The van der Waals surface area contributed by atoms with Crippen molar-refractivity contribution in [2.45, 2.75) is 20.3 Å². The van der Waals surface area contributed by atoms with Crippen LogP contribution < -0.4 is 15.6 Å². The fourth-order valence-corrected chi connectivity index (χ4v) is 3.58. The van der Waals surface area contributed by atoms with Crippen LogP contribution in [0.3, 0.4) is 0 Å². The van der Waals surface area contributed by atoms with E-state index in [1.807, 2.05) is 30.3 Å². The number of carbonyl (C=O) groups is 2. The number of amides is 2. The average Bonchev–Trinajstić information content (AvgIpc) is 3.22. The number of benzene rings is 2. The van der Waals surface area contributed by atoms with E-state index in [1.165, 1.54) is 0 Å². The van der Waals surface area contributed by atoms with E-state index in [4.69, 9.17) is 0 Å². The molecule has 1 aromatic heterocycles. The average molecular weight is 437 g/mol. The number of aromatic nitrogens is 2. The van der Waals surface area contributed by atoms with Crippen LogP contribution in [0.5, 0.6) is 0 Å². The predicted octanol–water partition coefficient (Wildman–Crippen LogP) is 3.33. The van der Waals surface area contributed by atoms with Gasteiger partial charge in [-0.2, -0.15) is 5.10 Å². The first-order chi connectivity index (χ1) is 15.1. The third kappa shape index (κ3) is 6.45. The largest absolute Gasteiger partial charge is 0.372 e. The molecule has 0 spiro atoms. The summed E-state index contributed by atoms with van der Waals surface area (Å²) in [6, 6.07) is 16.8. The Labute approximate surface area is 185 Å². The van der Waals surface area contributed by atoms with Gasteiger partial charge in [-0.05, 0) is 43.7 Å². The number of anilines is 2. The van der Waals surface area contributed by atoms with E-state index >= 15 is 0 Å². The van der Waals surface area contributed by atoms with Crippen molar-refractivity contribution in [3.8, 4) is 0 Å². The summed E-state index contributed by atoms with van der Waals surface area (Å²) in [4.78, 5) is 26.5. The van der Waals surface area contributed by atoms with Gasteiger partial charge < -0.3 is 4.90 Å². The molecule has 0 aliphatic rings. The highest BCUT2D eigenvalue weighted by Gasteiger charge is 2.12. The van der Waals surface area contributed by atoms with E-state index < -0.39 is 0 Å². The molecule has 8 nitrogen and oxygen atoms in total. The van der Waals surface area contributed by atoms with Gasteiger partial charge in [0.05, 0.1) is 12.6 Å². The number of carbonyl (C=O) groups excluding carboxylic acids is 2. The predicted molar refractivity (Wildman–Crippen MR) is 124 cm³/mol. The van der Waals surface area contributed by atoms with Crippen molar-refractivity contribution in [2.24, 2.45) is 5.10 Å². The second kappa shape index (κ2) is 11.0. The van der Waals surface area contributed by atoms with Crippen LogP contribution in [0, 0.1) is 0 Å². The molecule has 0 fully saturated rings. The molecule has 160 valence electrons. The first-order valence-corrected chi connectivity index (χ1v) is 10.8. The molecule has 0 aliphatic carbocycles. The molecule has 9 heteroatoms. The Morgan fingerprint density at radius 3 is 2.42 bits per heavy atom. The molecule has 0 radical (unpaired) electrons. The van der Waals surface area contributed by atoms with Crippen LogP contribution >= 0.6 is 11.3 Å². The Balaban J connectivity index is 1.48. The highest BCUT2D eigenvalue weighted by molar-refractivity contribution is 7.15. The SMILES string of the molecule is CCN(CC)c1ccc(/C=N/NC(=O)Cc2nnc(NC(=O)c3ccccc3)s2)cc1. The van der Waals surface area contributed by atoms with Gasteiger partial charge in [0.15, 0.2) is 0 Å². The van der Waals surface area contributed by atoms with Crippen molar-refractivity contribution in [2.75, 3.05) is 23.3 Å². The highest BCUT2D eigenvalue weighted by atomic mass is 32.1. The van der Waals surface area contributed by atoms with Gasteiger partial charge >= 0.3 is 0 Å². The number of hydrazone groups is 1. The van der Waals surface area contributed by atoms with Crippen molar-refractivity contribution in [3.63, 3.8) is 0 Å². The second-order valence-corrected chi connectivity index (χ2v) is 7.62. The van der Waals surface area contributed by atoms with Crippen LogP contribution in [0.4, 0.5) is 10.8 Å². The Bertz CT molecular complexity index is 1030. The Kier molecular flexibility index (Phi) is 7.83. The molecular weight excluding hydrogens is 412 g/mol. The molecule has 2 amide bonds. The van der Waals surface area contributed by atoms with E-state index in [2.05, 4.69) is 44.8 Å². The van der Waals surface area contributed by atoms with Crippen LogP contribution in [-0.2, 0) is 11.2 Å². The minimum absolute atomic E-state index is 0.0249. The van der Waals surface area contributed by atoms with Crippen molar-refractivity contribution in [1.82, 2.24) is 15.6 Å². The molecule has 3 rings (SSSR count). The molecule has 1 heterocycles. The summed E-state index contributed by atoms with van der Waals surface area (Å²) in [5.74, 6) is -0.586. The second-order valence-electron chi connectivity index (χ2n) is 6.55. The first kappa shape index (κ1) is 22.1. The molecule has 2 N–H and O–H groups in total. The Morgan fingerprint density at radius 1 is 1.03 bits per heavy atom. The lowest BCUT2D eigenvalue weighted by Gasteiger charge is -2.20. The van der Waals surface area contributed by atoms with Crippen LogP contribution in [-0.4, -0.2) is 41.3 Å². The minimum Gasteiger partial charge on any atom is -0.372 e. The van der Waals surface area contributed by atoms with Gasteiger partial charge in [0.2, 0.25) is 11.0 Å². The van der Waals surface area contributed by atoms with Gasteiger partial charge in [-0.15, -0.1) is 10.2 Å². The van der Waals surface area contributed by atoms with Crippen molar-refractivity contribution >= 4 is 40.2 Å². The zero-order valence-corrected chi connectivity index (χ0v) is 18.2. The molecule has 0 aliphatic heterocycles. The number of rotatable bonds is 9. The number of nitrogens with zero attached hydrogens (tertiary/aromatic N) is 4. The summed E-state index contributed by atoms with van der Waals surface area (Å²) in [5.41, 5.74) is 5.05. The Morgan fingerprint density at radius 2 is 1.74 bits per heavy atom. The topological polar surface area (TPSA) is 99.6 Å². The fourth-order valence-electron chi connectivity index (χ4n) is 2.85. The molecule has 3 aromatic rings. The fraction of sp³-hybridized carbons (Fsp3) is 0.227. The maximum atomic E-state index is 12.1. The third-order valence-electron chi connectivity index (χ3n) is 4.46. The summed E-state index contributed by atoms with van der Waals surface area (Å²) in [6.45, 7) is 6.13. The molecule has 0 saturated carbocycles. The molecule has 0 bridgehead atoms. The lowest BCUT2D eigenvalue weighted by molar-refractivity contribution is -0.120. The van der Waals surface area contributed by atoms with Crippen LogP contribution in [0.1, 0.15) is 34.8 Å². The smallest absolute Gasteiger partial charge is 0.257 e. The summed E-state index contributed by atoms with van der Waals surface area (Å²) < 4.78 is 0. The van der Waals surface area contributed by atoms with Crippen molar-refractivity contribution < 1.29 is 9.59 Å². The lowest BCUT2D eigenvalue weighted by atomic mass is 10.2. The zero-order valence-electron chi connectivity index (χ0n) is 17.4. The van der Waals surface area contributed by atoms with E-state index in [-0.39, 0.29) is 18.2 Å². The van der Waals surface area contributed by atoms with Crippen LogP contribution in [0.15, 0.2) is 59.7 Å². The normalized spacial score (nSPS) is 10.8. The molecular formula is C22H24N6O2S. The summed E-state index contributed by atoms with van der Waals surface area (Å²) >= 11 is 1.15. The monoisotopic (exact) mass is 436 g/mol. The van der Waals surface area contributed by atoms with Crippen LogP contribution in [0.2, 0.25) is 0 Å². The molecule has 31 heavy (non-hydrogen) atoms. The van der Waals surface area contributed by atoms with E-state index in [1.54, 1.807) is 30.5 Å². The van der Waals surface area contributed by atoms with E-state index in [0.29, 0.717) is 15.7 Å². The standard InChI is InChI=1S/C22H24N6O2S/c1-3-28(4-2)18-12-10-16(11-13-18)15-23-25-19(29)14-20-26-27-22(31-20)24-21(30)17-8-6-5-7-9-17/h5-13,15H,3-4,14H2,1-2H3,(H,25,29)(H,24,27,30)/b23-15+. The number of nitrogens with one attached hydrogen (secondary N) is 2. The van der Waals surface area contributed by atoms with Gasteiger partial charge in [0.1, 0.15) is 5.01 Å². The Hall–Kier alpha value is -3.59. The molecule has 2 aromatic carbocycles. The highest BCUT2D eigenvalue weighted by Crippen LogP contribution is 2.17. The third-order valence-corrected chi connectivity index (χ3v) is 5.30. The van der Waals surface area contributed by atoms with Gasteiger partial charge in [0, 0.05) is 24.3 Å². The lowest BCUT2D eigenvalue weighted by Crippen LogP contribution is -2.21. The van der Waals surface area contributed by atoms with E-state index in [9.17, 15) is 9.59 Å². The molecule has 0 unspecified atom stereocenters. The van der Waals surface area contributed by atoms with Crippen LogP contribution in [0.25, 0.3) is 0 Å². The van der Waals surface area contributed by atoms with Crippen molar-refractivity contribution in [1.29, 1.82) is 0 Å². The summed E-state index contributed by atoms with van der Waals surface area (Å²) in [5, 5.41) is 15.4. The molecule has 0 atom stereocenters. The summed E-state index contributed by atoms with van der Waals surface area (Å²) in [7, 11) is 0. The van der Waals surface area contributed by atoms with Gasteiger partial charge in [-0.25, -0.2) is 5.43 Å². The van der Waals surface area contributed by atoms with Gasteiger partial charge in [-0.1, -0.05) is 41.7 Å². The zero-order chi connectivity index (χ0) is 22.1. The maximum absolute atomic E-state index is 12.1. The number of hydrogen-bond acceptors (Lipinski definition) is 7. The summed E-state index contributed by atoms with van der Waals surface area (Å²) in [6.07, 6.45) is 1.62. The number of hydrogen-bond donors (Lipinski definition) is 2. The molecule has 0 saturated heterocycles. The van der Waals surface area contributed by atoms with E-state index in [0.717, 1.165) is 35.7 Å². The van der Waals surface area contributed by atoms with Crippen molar-refractivity contribution in [3.05, 3.63) is 70.7 Å². The minimum atomic E-state index is -0.312. The van der Waals surface area contributed by atoms with Gasteiger partial charge in [0.25, 0.3) is 5.91 Å². The maximum Gasteiger partial charge on any atom is 0.257 e. The first-order valence-electron chi connectivity index (χ1n) is 9.94. The van der Waals surface area contributed by atoms with Gasteiger partial charge in [-0.3, -0.25) is 14.9 Å².